The Balaban J connectivity index is 1.65. The van der Waals surface area contributed by atoms with Crippen LogP contribution in [0.4, 0.5) is 11.6 Å². The predicted octanol–water partition coefficient (Wildman–Crippen LogP) is 3.13. The first-order chi connectivity index (χ1) is 17.7. The average molecular weight is 522 g/mol. The number of anilines is 2. The van der Waals surface area contributed by atoms with Crippen molar-refractivity contribution in [3.63, 3.8) is 0 Å². The minimum Gasteiger partial charge on any atom is -0.391 e. The SMILES string of the molecule is Cc1noc(-c2c(N)ncnc2NC(C)c2cc3cccc(Cl)c3c(=O)n2-c2ccn(CC(C)O)n2)n1. The first kappa shape index (κ1) is 24.4. The Morgan fingerprint density at radius 1 is 1.24 bits per heavy atom. The molecular weight excluding hydrogens is 498 g/mol. The van der Waals surface area contributed by atoms with Gasteiger partial charge in [0, 0.05) is 12.3 Å². The van der Waals surface area contributed by atoms with Gasteiger partial charge in [-0.2, -0.15) is 10.1 Å². The van der Waals surface area contributed by atoms with E-state index in [9.17, 15) is 9.90 Å². The van der Waals surface area contributed by atoms with Gasteiger partial charge in [0.1, 0.15) is 23.5 Å². The highest BCUT2D eigenvalue weighted by Crippen LogP contribution is 2.32. The van der Waals surface area contributed by atoms with Crippen LogP contribution in [-0.2, 0) is 6.54 Å². The van der Waals surface area contributed by atoms with Gasteiger partial charge in [0.15, 0.2) is 11.6 Å². The van der Waals surface area contributed by atoms with Gasteiger partial charge in [0.05, 0.1) is 34.8 Å². The van der Waals surface area contributed by atoms with Crippen LogP contribution in [0.5, 0.6) is 0 Å². The molecule has 0 saturated carbocycles. The van der Waals surface area contributed by atoms with Crippen molar-refractivity contribution in [1.29, 1.82) is 0 Å². The van der Waals surface area contributed by atoms with Crippen molar-refractivity contribution in [1.82, 2.24) is 34.5 Å². The lowest BCUT2D eigenvalue weighted by Crippen LogP contribution is -2.26. The summed E-state index contributed by atoms with van der Waals surface area (Å²) in [5.74, 6) is 1.50. The van der Waals surface area contributed by atoms with E-state index in [2.05, 4.69) is 30.5 Å². The first-order valence-electron chi connectivity index (χ1n) is 11.5. The molecule has 4 aromatic heterocycles. The van der Waals surface area contributed by atoms with Gasteiger partial charge in [-0.15, -0.1) is 0 Å². The summed E-state index contributed by atoms with van der Waals surface area (Å²) in [6.45, 7) is 5.50. The number of pyridine rings is 1. The van der Waals surface area contributed by atoms with Crippen molar-refractivity contribution in [2.24, 2.45) is 0 Å². The van der Waals surface area contributed by atoms with E-state index in [1.165, 1.54) is 10.9 Å². The molecule has 13 heteroatoms. The Kier molecular flexibility index (Phi) is 6.36. The number of hydrogen-bond acceptors (Lipinski definition) is 10. The van der Waals surface area contributed by atoms with Crippen LogP contribution >= 0.6 is 11.6 Å². The largest absolute Gasteiger partial charge is 0.391 e. The molecule has 37 heavy (non-hydrogen) atoms. The molecule has 4 heterocycles. The van der Waals surface area contributed by atoms with Gasteiger partial charge < -0.3 is 20.7 Å². The summed E-state index contributed by atoms with van der Waals surface area (Å²) in [6, 6.07) is 8.38. The molecule has 0 amide bonds. The molecule has 0 fully saturated rings. The topological polar surface area (TPSA) is 163 Å². The molecular formula is C24H24ClN9O3. The summed E-state index contributed by atoms with van der Waals surface area (Å²) in [4.78, 5) is 26.4. The molecule has 0 aliphatic rings. The quantitative estimate of drug-likeness (QED) is 0.290. The second-order valence-corrected chi connectivity index (χ2v) is 9.06. The van der Waals surface area contributed by atoms with E-state index in [0.29, 0.717) is 44.5 Å². The van der Waals surface area contributed by atoms with Crippen LogP contribution in [0.3, 0.4) is 0 Å². The number of benzene rings is 1. The fraction of sp³-hybridized carbons (Fsp3) is 0.250. The molecule has 2 unspecified atom stereocenters. The monoisotopic (exact) mass is 521 g/mol. The van der Waals surface area contributed by atoms with Crippen LogP contribution in [0.1, 0.15) is 31.4 Å². The van der Waals surface area contributed by atoms with Crippen molar-refractivity contribution in [2.45, 2.75) is 39.5 Å². The third-order valence-corrected chi connectivity index (χ3v) is 6.06. The Bertz CT molecular complexity index is 1660. The van der Waals surface area contributed by atoms with Crippen molar-refractivity contribution in [3.05, 3.63) is 69.8 Å². The lowest BCUT2D eigenvalue weighted by molar-refractivity contribution is 0.168. The third kappa shape index (κ3) is 4.63. The number of rotatable bonds is 7. The molecule has 0 spiro atoms. The Morgan fingerprint density at radius 3 is 2.78 bits per heavy atom. The first-order valence-corrected chi connectivity index (χ1v) is 11.8. The second kappa shape index (κ2) is 9.64. The maximum Gasteiger partial charge on any atom is 0.266 e. The number of halogens is 1. The lowest BCUT2D eigenvalue weighted by atomic mass is 10.1. The van der Waals surface area contributed by atoms with Crippen LogP contribution in [-0.4, -0.2) is 45.7 Å². The van der Waals surface area contributed by atoms with Gasteiger partial charge >= 0.3 is 0 Å². The smallest absolute Gasteiger partial charge is 0.266 e. The molecule has 0 radical (unpaired) electrons. The number of hydrogen-bond donors (Lipinski definition) is 3. The average Bonchev–Trinajstić information content (AvgIpc) is 3.47. The minimum atomic E-state index is -0.606. The van der Waals surface area contributed by atoms with E-state index < -0.39 is 12.1 Å². The van der Waals surface area contributed by atoms with Crippen LogP contribution < -0.4 is 16.6 Å². The molecule has 0 aliphatic heterocycles. The number of fused-ring (bicyclic) bond motifs is 1. The predicted molar refractivity (Wildman–Crippen MR) is 139 cm³/mol. The zero-order valence-electron chi connectivity index (χ0n) is 20.3. The fourth-order valence-corrected chi connectivity index (χ4v) is 4.40. The van der Waals surface area contributed by atoms with Gasteiger partial charge in [-0.1, -0.05) is 28.9 Å². The second-order valence-electron chi connectivity index (χ2n) is 8.65. The number of nitrogens with two attached hydrogens (primary N) is 1. The summed E-state index contributed by atoms with van der Waals surface area (Å²) < 4.78 is 8.38. The summed E-state index contributed by atoms with van der Waals surface area (Å²) in [7, 11) is 0. The van der Waals surface area contributed by atoms with E-state index in [1.54, 1.807) is 42.9 Å². The molecule has 12 nitrogen and oxygen atoms in total. The van der Waals surface area contributed by atoms with E-state index in [-0.39, 0.29) is 23.8 Å². The molecule has 0 saturated heterocycles. The number of aromatic nitrogens is 7. The van der Waals surface area contributed by atoms with E-state index in [0.717, 1.165) is 0 Å². The summed E-state index contributed by atoms with van der Waals surface area (Å²) in [5.41, 5.74) is 6.75. The van der Waals surface area contributed by atoms with Gasteiger partial charge in [0.2, 0.25) is 0 Å². The highest BCUT2D eigenvalue weighted by Gasteiger charge is 2.23. The molecule has 2 atom stereocenters. The van der Waals surface area contributed by atoms with Gasteiger partial charge in [0.25, 0.3) is 11.4 Å². The number of nitrogens with one attached hydrogen (secondary N) is 1. The highest BCUT2D eigenvalue weighted by molar-refractivity contribution is 6.35. The molecule has 0 bridgehead atoms. The van der Waals surface area contributed by atoms with Gasteiger partial charge in [-0.25, -0.2) is 9.97 Å². The van der Waals surface area contributed by atoms with E-state index >= 15 is 0 Å². The Hall–Kier alpha value is -4.29. The maximum atomic E-state index is 13.8. The van der Waals surface area contributed by atoms with Gasteiger partial charge in [-0.3, -0.25) is 14.0 Å². The minimum absolute atomic E-state index is 0.160. The van der Waals surface area contributed by atoms with E-state index in [4.69, 9.17) is 21.9 Å². The highest BCUT2D eigenvalue weighted by atomic mass is 35.5. The van der Waals surface area contributed by atoms with Crippen LogP contribution in [0.15, 0.2) is 52.2 Å². The number of nitrogen functional groups attached to an aromatic ring is 1. The number of aliphatic hydroxyl groups excluding tert-OH is 1. The Morgan fingerprint density at radius 2 is 2.05 bits per heavy atom. The van der Waals surface area contributed by atoms with E-state index in [1.807, 2.05) is 19.1 Å². The number of aryl methyl sites for hydroxylation is 1. The summed E-state index contributed by atoms with van der Waals surface area (Å²) in [6.07, 6.45) is 2.42. The summed E-state index contributed by atoms with van der Waals surface area (Å²) in [5, 5.41) is 22.8. The number of aliphatic hydroxyl groups is 1. The van der Waals surface area contributed by atoms with Crippen molar-refractivity contribution in [3.8, 4) is 17.3 Å². The number of nitrogens with zero attached hydrogens (tertiary/aromatic N) is 7. The fourth-order valence-electron chi connectivity index (χ4n) is 4.13. The van der Waals surface area contributed by atoms with Crippen molar-refractivity contribution < 1.29 is 9.63 Å². The third-order valence-electron chi connectivity index (χ3n) is 5.75. The maximum absolute atomic E-state index is 13.8. The zero-order valence-corrected chi connectivity index (χ0v) is 21.0. The van der Waals surface area contributed by atoms with Crippen LogP contribution in [0, 0.1) is 6.92 Å². The lowest BCUT2D eigenvalue weighted by Gasteiger charge is -2.21. The molecule has 5 rings (SSSR count). The van der Waals surface area contributed by atoms with Crippen molar-refractivity contribution in [2.75, 3.05) is 11.1 Å². The standard InChI is InChI=1S/C24H24ClN9O3/c1-12(35)10-33-8-7-18(31-33)34-17(9-15-5-4-6-16(25)19(15)24(34)36)13(2)29-22-20(21(26)27-11-28-22)23-30-14(3)32-37-23/h4-9,11-13,35H,10H2,1-3H3,(H3,26,27,28,29). The van der Waals surface area contributed by atoms with Crippen molar-refractivity contribution >= 4 is 34.0 Å². The van der Waals surface area contributed by atoms with Crippen LogP contribution in [0.25, 0.3) is 28.0 Å². The molecule has 4 N–H and O–H groups in total. The van der Waals surface area contributed by atoms with Crippen LogP contribution in [0.2, 0.25) is 5.02 Å². The normalized spacial score (nSPS) is 13.1. The molecule has 5 aromatic rings. The Labute approximate surface area is 215 Å². The molecule has 0 aliphatic carbocycles. The zero-order chi connectivity index (χ0) is 26.3. The summed E-state index contributed by atoms with van der Waals surface area (Å²) >= 11 is 6.42. The molecule has 190 valence electrons. The molecule has 1 aromatic carbocycles. The van der Waals surface area contributed by atoms with Gasteiger partial charge in [-0.05, 0) is 38.3 Å².